The molecule has 1 aromatic carbocycles. The van der Waals surface area contributed by atoms with Gasteiger partial charge in [-0.15, -0.1) is 0 Å². The van der Waals surface area contributed by atoms with Gasteiger partial charge in [0.1, 0.15) is 0 Å². The van der Waals surface area contributed by atoms with E-state index in [0.29, 0.717) is 23.8 Å². The second-order valence-corrected chi connectivity index (χ2v) is 7.56. The lowest BCUT2D eigenvalue weighted by molar-refractivity contribution is -0.126. The third kappa shape index (κ3) is 8.05. The third-order valence-corrected chi connectivity index (χ3v) is 5.33. The molecule has 0 unspecified atom stereocenters. The van der Waals surface area contributed by atoms with Crippen molar-refractivity contribution < 1.29 is 19.0 Å². The second kappa shape index (κ2) is 14.2. The van der Waals surface area contributed by atoms with E-state index in [1.165, 1.54) is 24.7 Å². The molecule has 5 nitrogen and oxygen atoms in total. The Labute approximate surface area is 174 Å². The maximum atomic E-state index is 12.2. The van der Waals surface area contributed by atoms with Gasteiger partial charge >= 0.3 is 0 Å². The minimum absolute atomic E-state index is 0.00834. The summed E-state index contributed by atoms with van der Waals surface area (Å²) in [4.78, 5) is 14.1. The van der Waals surface area contributed by atoms with Gasteiger partial charge in [0, 0.05) is 13.1 Å². The van der Waals surface area contributed by atoms with E-state index in [0.717, 1.165) is 37.8 Å². The van der Waals surface area contributed by atoms with Crippen LogP contribution >= 0.6 is 11.8 Å². The first-order chi connectivity index (χ1) is 13.6. The zero-order valence-electron chi connectivity index (χ0n) is 17.8. The minimum atomic E-state index is 0.00834. The van der Waals surface area contributed by atoms with Gasteiger partial charge in [-0.25, -0.2) is 0 Å². The largest absolute Gasteiger partial charge is 0.493 e. The van der Waals surface area contributed by atoms with Crippen LogP contribution in [0.1, 0.15) is 37.7 Å². The second-order valence-electron chi connectivity index (χ2n) is 6.57. The van der Waals surface area contributed by atoms with Crippen molar-refractivity contribution in [2.75, 3.05) is 46.4 Å². The van der Waals surface area contributed by atoms with Gasteiger partial charge in [0.2, 0.25) is 11.7 Å². The maximum Gasteiger partial charge on any atom is 0.245 e. The maximum absolute atomic E-state index is 12.2. The van der Waals surface area contributed by atoms with Gasteiger partial charge in [-0.3, -0.25) is 4.79 Å². The van der Waals surface area contributed by atoms with E-state index in [4.69, 9.17) is 14.2 Å². The van der Waals surface area contributed by atoms with Crippen LogP contribution in [0.5, 0.6) is 17.2 Å². The summed E-state index contributed by atoms with van der Waals surface area (Å²) in [5.74, 6) is 3.12. The molecule has 0 fully saturated rings. The zero-order valence-corrected chi connectivity index (χ0v) is 18.6. The van der Waals surface area contributed by atoms with Crippen LogP contribution in [0.2, 0.25) is 0 Å². The van der Waals surface area contributed by atoms with Crippen molar-refractivity contribution >= 4 is 17.7 Å². The molecule has 1 rings (SSSR count). The van der Waals surface area contributed by atoms with Crippen molar-refractivity contribution in [2.45, 2.75) is 38.5 Å². The van der Waals surface area contributed by atoms with Crippen LogP contribution in [0, 0.1) is 0 Å². The van der Waals surface area contributed by atoms with Crippen LogP contribution in [0.25, 0.3) is 0 Å². The molecule has 158 valence electrons. The zero-order chi connectivity index (χ0) is 20.8. The molecule has 28 heavy (non-hydrogen) atoms. The fourth-order valence-corrected chi connectivity index (χ4v) is 3.61. The normalized spacial score (nSPS) is 10.4. The lowest BCUT2D eigenvalue weighted by Gasteiger charge is -2.21. The Morgan fingerprint density at radius 1 is 1.00 bits per heavy atom. The number of unbranched alkanes of at least 4 members (excludes halogenated alkanes) is 3. The molecule has 6 heteroatoms. The number of carbonyl (C=O) groups is 1. The standard InChI is InChI=1S/C22H35NO4S/c1-6-21(24)23(13-9-7-8-10-15-28-5)14-11-12-18-16-19(25-2)22(27-4)20(17-18)26-3/h6,16-17H,1,7-15H2,2-5H3. The van der Waals surface area contributed by atoms with Crippen LogP contribution in [-0.2, 0) is 11.2 Å². The van der Waals surface area contributed by atoms with Crippen LogP contribution < -0.4 is 14.2 Å². The number of carbonyl (C=O) groups excluding carboxylic acids is 1. The Kier molecular flexibility index (Phi) is 12.3. The van der Waals surface area contributed by atoms with Gasteiger partial charge in [0.25, 0.3) is 0 Å². The highest BCUT2D eigenvalue weighted by atomic mass is 32.2. The van der Waals surface area contributed by atoms with Crippen LogP contribution in [0.15, 0.2) is 24.8 Å². The Hall–Kier alpha value is -1.82. The highest BCUT2D eigenvalue weighted by Crippen LogP contribution is 2.38. The fourth-order valence-electron chi connectivity index (χ4n) is 3.12. The molecule has 0 heterocycles. The number of aryl methyl sites for hydroxylation is 1. The molecule has 0 aromatic heterocycles. The molecule has 0 spiro atoms. The van der Waals surface area contributed by atoms with Crippen LogP contribution in [0.3, 0.4) is 0 Å². The predicted molar refractivity (Wildman–Crippen MR) is 118 cm³/mol. The van der Waals surface area contributed by atoms with Crippen molar-refractivity contribution in [3.63, 3.8) is 0 Å². The van der Waals surface area contributed by atoms with Gasteiger partial charge in [-0.1, -0.05) is 19.4 Å². The number of hydrogen-bond donors (Lipinski definition) is 0. The summed E-state index contributed by atoms with van der Waals surface area (Å²) in [5.41, 5.74) is 1.09. The molecule has 0 aliphatic heterocycles. The Bertz CT molecular complexity index is 581. The van der Waals surface area contributed by atoms with Crippen molar-refractivity contribution in [3.05, 3.63) is 30.4 Å². The molecule has 0 radical (unpaired) electrons. The molecule has 0 aliphatic rings. The number of hydrogen-bond acceptors (Lipinski definition) is 5. The number of ether oxygens (including phenoxy) is 3. The van der Waals surface area contributed by atoms with Crippen molar-refractivity contribution in [2.24, 2.45) is 0 Å². The molecule has 0 aliphatic carbocycles. The summed E-state index contributed by atoms with van der Waals surface area (Å²) >= 11 is 1.89. The average Bonchev–Trinajstić information content (AvgIpc) is 2.73. The predicted octanol–water partition coefficient (Wildman–Crippen LogP) is 4.58. The summed E-state index contributed by atoms with van der Waals surface area (Å²) in [7, 11) is 4.83. The summed E-state index contributed by atoms with van der Waals surface area (Å²) < 4.78 is 16.2. The van der Waals surface area contributed by atoms with Gasteiger partial charge in [-0.05, 0) is 61.5 Å². The SMILES string of the molecule is C=CC(=O)N(CCCCCCSC)CCCc1cc(OC)c(OC)c(OC)c1. The Balaban J connectivity index is 2.58. The minimum Gasteiger partial charge on any atom is -0.493 e. The van der Waals surface area contributed by atoms with E-state index in [2.05, 4.69) is 12.8 Å². The van der Waals surface area contributed by atoms with E-state index in [1.54, 1.807) is 21.3 Å². The number of nitrogens with zero attached hydrogens (tertiary/aromatic N) is 1. The lowest BCUT2D eigenvalue weighted by atomic mass is 10.1. The average molecular weight is 410 g/mol. The number of amides is 1. The quantitative estimate of drug-likeness (QED) is 0.313. The molecule has 0 saturated heterocycles. The summed E-state index contributed by atoms with van der Waals surface area (Å²) in [5, 5.41) is 0. The summed E-state index contributed by atoms with van der Waals surface area (Å²) in [6.45, 7) is 5.15. The molecule has 0 N–H and O–H groups in total. The molecule has 0 atom stereocenters. The fraction of sp³-hybridized carbons (Fsp3) is 0.591. The van der Waals surface area contributed by atoms with E-state index >= 15 is 0 Å². The first kappa shape index (κ1) is 24.2. The van der Waals surface area contributed by atoms with Crippen molar-refractivity contribution in [1.29, 1.82) is 0 Å². The topological polar surface area (TPSA) is 48.0 Å². The molecule has 0 bridgehead atoms. The number of methoxy groups -OCH3 is 3. The van der Waals surface area contributed by atoms with Crippen LogP contribution in [0.4, 0.5) is 0 Å². The van der Waals surface area contributed by atoms with Gasteiger partial charge < -0.3 is 19.1 Å². The van der Waals surface area contributed by atoms with Crippen molar-refractivity contribution in [1.82, 2.24) is 4.90 Å². The smallest absolute Gasteiger partial charge is 0.245 e. The first-order valence-corrected chi connectivity index (χ1v) is 11.2. The van der Waals surface area contributed by atoms with Crippen LogP contribution in [-0.4, -0.2) is 57.2 Å². The molecule has 1 amide bonds. The molecular formula is C22H35NO4S. The van der Waals surface area contributed by atoms with E-state index < -0.39 is 0 Å². The van der Waals surface area contributed by atoms with E-state index in [9.17, 15) is 4.79 Å². The first-order valence-electron chi connectivity index (χ1n) is 9.80. The monoisotopic (exact) mass is 409 g/mol. The van der Waals surface area contributed by atoms with Gasteiger partial charge in [0.15, 0.2) is 11.5 Å². The van der Waals surface area contributed by atoms with Gasteiger partial charge in [-0.2, -0.15) is 11.8 Å². The number of rotatable bonds is 15. The Morgan fingerprint density at radius 3 is 2.14 bits per heavy atom. The summed E-state index contributed by atoms with van der Waals surface area (Å²) in [6.07, 6.45) is 9.91. The highest BCUT2D eigenvalue weighted by molar-refractivity contribution is 7.98. The third-order valence-electron chi connectivity index (χ3n) is 4.63. The van der Waals surface area contributed by atoms with E-state index in [-0.39, 0.29) is 5.91 Å². The summed E-state index contributed by atoms with van der Waals surface area (Å²) in [6, 6.07) is 3.93. The molecular weight excluding hydrogens is 374 g/mol. The Morgan fingerprint density at radius 2 is 1.61 bits per heavy atom. The molecule has 1 aromatic rings. The van der Waals surface area contributed by atoms with Crippen molar-refractivity contribution in [3.8, 4) is 17.2 Å². The number of benzene rings is 1. The molecule has 0 saturated carbocycles. The highest BCUT2D eigenvalue weighted by Gasteiger charge is 2.14. The number of thioether (sulfide) groups is 1. The van der Waals surface area contributed by atoms with E-state index in [1.807, 2.05) is 28.8 Å². The lowest BCUT2D eigenvalue weighted by Crippen LogP contribution is -2.31. The van der Waals surface area contributed by atoms with Gasteiger partial charge in [0.05, 0.1) is 21.3 Å².